The second-order valence-electron chi connectivity index (χ2n) is 10.3. The van der Waals surface area contributed by atoms with Gasteiger partial charge >= 0.3 is 0 Å². The van der Waals surface area contributed by atoms with Gasteiger partial charge < -0.3 is 16.4 Å². The molecule has 3 aliphatic carbocycles. The monoisotopic (exact) mass is 474 g/mol. The summed E-state index contributed by atoms with van der Waals surface area (Å²) in [5.41, 5.74) is 10.8. The molecule has 0 saturated heterocycles. The van der Waals surface area contributed by atoms with Gasteiger partial charge in [-0.2, -0.15) is 0 Å². The van der Waals surface area contributed by atoms with Crippen molar-refractivity contribution in [1.29, 1.82) is 0 Å². The molecule has 0 spiro atoms. The number of rotatable bonds is 7. The Bertz CT molecular complexity index is 1100. The molecule has 6 N–H and O–H groups in total. The minimum atomic E-state index is -1.01. The fourth-order valence-corrected chi connectivity index (χ4v) is 5.24. The van der Waals surface area contributed by atoms with Crippen LogP contribution in [0.2, 0.25) is 0 Å². The standard InChI is InChI=1S/C28H34N4O3/c1-28(2)22-13-23(28)15-24(14-22)30-17-20-7-5-18(6-8-20)3-4-19-9-11-21(12-10-19)26(33)31-25(16-29)27(34)32-35/h5-12,22-25,30,35H,13-17,29H2,1-2H3,(H,31,33)(H,32,34)/t22-,23+,24+,25-/m0/s1. The zero-order chi connectivity index (χ0) is 25.0. The van der Waals surface area contributed by atoms with Gasteiger partial charge in [-0.15, -0.1) is 0 Å². The normalized spacial score (nSPS) is 22.7. The van der Waals surface area contributed by atoms with Gasteiger partial charge in [0, 0.05) is 35.8 Å². The SMILES string of the molecule is CC1(C)[C@@H]2C[C@@H](NCc3ccc(C#Cc4ccc(C(=O)N[C@@H](CN)C(=O)NO)cc4)cc3)C[C@H]1C2. The van der Waals surface area contributed by atoms with E-state index in [1.54, 1.807) is 24.3 Å². The second kappa shape index (κ2) is 10.6. The Labute approximate surface area is 206 Å². The third-order valence-electron chi connectivity index (χ3n) is 7.83. The van der Waals surface area contributed by atoms with Crippen LogP contribution in [-0.4, -0.2) is 35.7 Å². The van der Waals surface area contributed by atoms with Gasteiger partial charge in [0.25, 0.3) is 11.8 Å². The van der Waals surface area contributed by atoms with Crippen molar-refractivity contribution < 1.29 is 14.8 Å². The molecule has 2 bridgehead atoms. The molecule has 4 atom stereocenters. The van der Waals surface area contributed by atoms with E-state index >= 15 is 0 Å². The van der Waals surface area contributed by atoms with Gasteiger partial charge in [0.15, 0.2) is 0 Å². The molecule has 3 aliphatic rings. The summed E-state index contributed by atoms with van der Waals surface area (Å²) in [6.07, 6.45) is 3.99. The van der Waals surface area contributed by atoms with E-state index in [1.165, 1.54) is 30.3 Å². The van der Waals surface area contributed by atoms with E-state index in [2.05, 4.69) is 48.5 Å². The predicted molar refractivity (Wildman–Crippen MR) is 134 cm³/mol. The van der Waals surface area contributed by atoms with Crippen molar-refractivity contribution in [2.24, 2.45) is 23.0 Å². The second-order valence-corrected chi connectivity index (χ2v) is 10.3. The number of fused-ring (bicyclic) bond motifs is 2. The fraction of sp³-hybridized carbons (Fsp3) is 0.429. The molecule has 0 unspecified atom stereocenters. The molecule has 0 aromatic heterocycles. The maximum absolute atomic E-state index is 12.3. The molecule has 0 aliphatic heterocycles. The number of hydrogen-bond acceptors (Lipinski definition) is 5. The Hall–Kier alpha value is -3.18. The van der Waals surface area contributed by atoms with Gasteiger partial charge in [-0.05, 0) is 78.5 Å². The van der Waals surface area contributed by atoms with Crippen LogP contribution in [0.3, 0.4) is 0 Å². The number of benzene rings is 2. The zero-order valence-electron chi connectivity index (χ0n) is 20.3. The third kappa shape index (κ3) is 5.73. The van der Waals surface area contributed by atoms with Gasteiger partial charge in [-0.25, -0.2) is 5.48 Å². The minimum absolute atomic E-state index is 0.129. The van der Waals surface area contributed by atoms with E-state index in [0.717, 1.165) is 29.5 Å². The summed E-state index contributed by atoms with van der Waals surface area (Å²) in [5, 5.41) is 14.9. The first kappa shape index (κ1) is 24.9. The average molecular weight is 475 g/mol. The lowest BCUT2D eigenvalue weighted by Crippen LogP contribution is -2.55. The van der Waals surface area contributed by atoms with Gasteiger partial charge in [0.1, 0.15) is 6.04 Å². The highest BCUT2D eigenvalue weighted by Gasteiger charge is 2.52. The van der Waals surface area contributed by atoms with Crippen LogP contribution in [0.25, 0.3) is 0 Å². The van der Waals surface area contributed by atoms with E-state index < -0.39 is 17.9 Å². The first-order valence-electron chi connectivity index (χ1n) is 12.2. The number of nitrogens with one attached hydrogen (secondary N) is 3. The Morgan fingerprint density at radius 3 is 2.09 bits per heavy atom. The van der Waals surface area contributed by atoms with Gasteiger partial charge in [-0.3, -0.25) is 14.8 Å². The molecule has 2 amide bonds. The molecule has 3 saturated carbocycles. The van der Waals surface area contributed by atoms with E-state index in [-0.39, 0.29) is 6.54 Å². The molecule has 3 fully saturated rings. The van der Waals surface area contributed by atoms with E-state index in [9.17, 15) is 9.59 Å². The number of nitrogens with two attached hydrogens (primary N) is 1. The average Bonchev–Trinajstić information content (AvgIpc) is 2.89. The van der Waals surface area contributed by atoms with Crippen LogP contribution in [0.5, 0.6) is 0 Å². The van der Waals surface area contributed by atoms with Crippen LogP contribution in [0.1, 0.15) is 60.2 Å². The molecule has 184 valence electrons. The van der Waals surface area contributed by atoms with Crippen LogP contribution in [-0.2, 0) is 11.3 Å². The van der Waals surface area contributed by atoms with Crippen LogP contribution in [0, 0.1) is 29.1 Å². The third-order valence-corrected chi connectivity index (χ3v) is 7.83. The summed E-state index contributed by atoms with van der Waals surface area (Å²) in [6.45, 7) is 5.60. The number of carbonyl (C=O) groups excluding carboxylic acids is 2. The Balaban J connectivity index is 1.27. The van der Waals surface area contributed by atoms with Crippen LogP contribution in [0.4, 0.5) is 0 Å². The number of hydroxylamine groups is 1. The predicted octanol–water partition coefficient (Wildman–Crippen LogP) is 2.56. The first-order valence-corrected chi connectivity index (χ1v) is 12.2. The van der Waals surface area contributed by atoms with Crippen LogP contribution in [0.15, 0.2) is 48.5 Å². The lowest BCUT2D eigenvalue weighted by molar-refractivity contribution is -0.130. The summed E-state index contributed by atoms with van der Waals surface area (Å²) in [5.74, 6) is 6.79. The Morgan fingerprint density at radius 2 is 1.57 bits per heavy atom. The molecule has 2 aromatic carbocycles. The highest BCUT2D eigenvalue weighted by molar-refractivity contribution is 5.97. The first-order chi connectivity index (χ1) is 16.8. The summed E-state index contributed by atoms with van der Waals surface area (Å²) < 4.78 is 0. The minimum Gasteiger partial charge on any atom is -0.339 e. The zero-order valence-corrected chi connectivity index (χ0v) is 20.3. The molecule has 35 heavy (non-hydrogen) atoms. The van der Waals surface area contributed by atoms with Crippen molar-refractivity contribution in [1.82, 2.24) is 16.1 Å². The Kier molecular flexibility index (Phi) is 7.56. The smallest absolute Gasteiger partial charge is 0.267 e. The topological polar surface area (TPSA) is 116 Å². The van der Waals surface area contributed by atoms with Crippen molar-refractivity contribution in [3.8, 4) is 11.8 Å². The van der Waals surface area contributed by atoms with Gasteiger partial charge in [0.05, 0.1) is 0 Å². The van der Waals surface area contributed by atoms with E-state index in [1.807, 2.05) is 12.1 Å². The highest BCUT2D eigenvalue weighted by Crippen LogP contribution is 2.59. The van der Waals surface area contributed by atoms with Crippen molar-refractivity contribution in [3.63, 3.8) is 0 Å². The molecular weight excluding hydrogens is 440 g/mol. The summed E-state index contributed by atoms with van der Waals surface area (Å²) >= 11 is 0. The largest absolute Gasteiger partial charge is 0.339 e. The quantitative estimate of drug-likeness (QED) is 0.240. The molecule has 7 heteroatoms. The van der Waals surface area contributed by atoms with Crippen molar-refractivity contribution >= 4 is 11.8 Å². The van der Waals surface area contributed by atoms with Crippen LogP contribution < -0.4 is 21.8 Å². The molecule has 0 heterocycles. The lowest BCUT2D eigenvalue weighted by atomic mass is 9.48. The fourth-order valence-electron chi connectivity index (χ4n) is 5.24. The lowest BCUT2D eigenvalue weighted by Gasteiger charge is -2.59. The van der Waals surface area contributed by atoms with Crippen molar-refractivity contribution in [2.75, 3.05) is 6.54 Å². The summed E-state index contributed by atoms with van der Waals surface area (Å²) in [6, 6.07) is 14.7. The van der Waals surface area contributed by atoms with Gasteiger partial charge in [0.2, 0.25) is 0 Å². The number of hydrogen-bond donors (Lipinski definition) is 5. The number of carbonyl (C=O) groups is 2. The van der Waals surface area contributed by atoms with Crippen molar-refractivity contribution in [2.45, 2.75) is 51.7 Å². The maximum Gasteiger partial charge on any atom is 0.267 e. The summed E-state index contributed by atoms with van der Waals surface area (Å²) in [7, 11) is 0. The number of amides is 2. The highest BCUT2D eigenvalue weighted by atomic mass is 16.5. The van der Waals surface area contributed by atoms with E-state index in [4.69, 9.17) is 10.9 Å². The van der Waals surface area contributed by atoms with E-state index in [0.29, 0.717) is 17.0 Å². The van der Waals surface area contributed by atoms with Crippen molar-refractivity contribution in [3.05, 3.63) is 70.8 Å². The maximum atomic E-state index is 12.3. The Morgan fingerprint density at radius 1 is 1.00 bits per heavy atom. The molecule has 5 rings (SSSR count). The van der Waals surface area contributed by atoms with Gasteiger partial charge in [-0.1, -0.05) is 37.8 Å². The molecule has 0 radical (unpaired) electrons. The summed E-state index contributed by atoms with van der Waals surface area (Å²) in [4.78, 5) is 23.8. The van der Waals surface area contributed by atoms with Crippen LogP contribution >= 0.6 is 0 Å². The molecule has 2 aromatic rings. The molecular formula is C28H34N4O3. The molecule has 7 nitrogen and oxygen atoms in total.